The van der Waals surface area contributed by atoms with Crippen LogP contribution in [0.4, 0.5) is 0 Å². The van der Waals surface area contributed by atoms with E-state index in [1.165, 1.54) is 37.9 Å². The minimum absolute atomic E-state index is 0.0158. The predicted octanol–water partition coefficient (Wildman–Crippen LogP) is 3.95. The lowest BCUT2D eigenvalue weighted by atomic mass is 9.83. The summed E-state index contributed by atoms with van der Waals surface area (Å²) in [4.78, 5) is 7.41. The van der Waals surface area contributed by atoms with Crippen LogP contribution in [0.25, 0.3) is 22.3 Å². The highest BCUT2D eigenvalue weighted by atomic mass is 16.5. The number of benzene rings is 1. The van der Waals surface area contributed by atoms with E-state index in [9.17, 15) is 0 Å². The van der Waals surface area contributed by atoms with Crippen LogP contribution in [0.3, 0.4) is 0 Å². The zero-order valence-electron chi connectivity index (χ0n) is 15.4. The van der Waals surface area contributed by atoms with Crippen LogP contribution in [-0.2, 0) is 6.42 Å². The van der Waals surface area contributed by atoms with Gasteiger partial charge in [-0.1, -0.05) is 6.42 Å². The lowest BCUT2D eigenvalue weighted by molar-refractivity contribution is -0.00746. The van der Waals surface area contributed by atoms with Gasteiger partial charge in [-0.25, -0.2) is 4.98 Å². The monoisotopic (exact) mass is 360 g/mol. The zero-order chi connectivity index (χ0) is 17.8. The Balaban J connectivity index is 1.24. The summed E-state index contributed by atoms with van der Waals surface area (Å²) in [6.45, 7) is 2.37. The third-order valence-corrected chi connectivity index (χ3v) is 6.80. The smallest absolute Gasteiger partial charge is 0.155 e. The Kier molecular flexibility index (Phi) is 3.36. The Labute approximate surface area is 158 Å². The number of hydrogen-bond donors (Lipinski definition) is 1. The number of nitrogens with zero attached hydrogens (tertiary/aromatic N) is 3. The topological polar surface area (TPSA) is 54.0 Å². The number of nitrogens with one attached hydrogen (secondary N) is 1. The molecular weight excluding hydrogens is 336 g/mol. The standard InChI is InChI=1S/C22H24N4O/c1-2-18(3-1)26-10-8-22(9-11-26)13-17-12-15(5-7-20(17)27-22)19-6-4-16-14-23-25-21(16)24-19/h4-7,12,14,18H,1-3,8-11,13H2,(H,23,24,25). The van der Waals surface area contributed by atoms with E-state index in [1.807, 2.05) is 6.20 Å². The van der Waals surface area contributed by atoms with Gasteiger partial charge in [0.15, 0.2) is 5.65 Å². The van der Waals surface area contributed by atoms with E-state index in [2.05, 4.69) is 45.4 Å². The Morgan fingerprint density at radius 2 is 2.00 bits per heavy atom. The normalized spacial score (nSPS) is 21.9. The van der Waals surface area contributed by atoms with Crippen molar-refractivity contribution in [2.45, 2.75) is 50.2 Å². The molecule has 1 spiro atoms. The molecule has 0 bridgehead atoms. The quantitative estimate of drug-likeness (QED) is 0.752. The molecule has 5 nitrogen and oxygen atoms in total. The fourth-order valence-electron chi connectivity index (χ4n) is 4.91. The molecule has 5 heteroatoms. The van der Waals surface area contributed by atoms with Gasteiger partial charge >= 0.3 is 0 Å². The molecule has 2 aliphatic heterocycles. The van der Waals surface area contributed by atoms with Gasteiger partial charge in [-0.05, 0) is 48.7 Å². The summed E-state index contributed by atoms with van der Waals surface area (Å²) in [6.07, 6.45) is 9.33. The van der Waals surface area contributed by atoms with Crippen molar-refractivity contribution < 1.29 is 4.74 Å². The number of likely N-dealkylation sites (tertiary alicyclic amines) is 1. The summed E-state index contributed by atoms with van der Waals surface area (Å²) in [7, 11) is 0. The first kappa shape index (κ1) is 15.6. The van der Waals surface area contributed by atoms with Crippen molar-refractivity contribution in [3.63, 3.8) is 0 Å². The van der Waals surface area contributed by atoms with Crippen LogP contribution in [0.15, 0.2) is 36.5 Å². The van der Waals surface area contributed by atoms with Crippen LogP contribution in [0, 0.1) is 0 Å². The van der Waals surface area contributed by atoms with Crippen LogP contribution in [0.2, 0.25) is 0 Å². The van der Waals surface area contributed by atoms with E-state index in [0.29, 0.717) is 0 Å². The summed E-state index contributed by atoms with van der Waals surface area (Å²) in [5.41, 5.74) is 4.32. The molecule has 0 atom stereocenters. The molecule has 1 aromatic carbocycles. The van der Waals surface area contributed by atoms with Crippen molar-refractivity contribution in [3.8, 4) is 17.0 Å². The molecule has 0 radical (unpaired) electrons. The first-order chi connectivity index (χ1) is 13.3. The Hall–Kier alpha value is -2.40. The summed E-state index contributed by atoms with van der Waals surface area (Å²) >= 11 is 0. The number of aromatic nitrogens is 3. The number of piperidine rings is 1. The largest absolute Gasteiger partial charge is 0.487 e. The van der Waals surface area contributed by atoms with Gasteiger partial charge < -0.3 is 9.64 Å². The lowest BCUT2D eigenvalue weighted by Gasteiger charge is -2.45. The minimum Gasteiger partial charge on any atom is -0.487 e. The molecule has 0 amide bonds. The summed E-state index contributed by atoms with van der Waals surface area (Å²) < 4.78 is 6.50. The Bertz CT molecular complexity index is 998. The predicted molar refractivity (Wildman–Crippen MR) is 105 cm³/mol. The zero-order valence-corrected chi connectivity index (χ0v) is 15.4. The molecule has 1 aliphatic carbocycles. The Morgan fingerprint density at radius 3 is 2.81 bits per heavy atom. The molecule has 3 aliphatic rings. The molecule has 6 rings (SSSR count). The highest BCUT2D eigenvalue weighted by Crippen LogP contribution is 2.43. The fourth-order valence-corrected chi connectivity index (χ4v) is 4.91. The second-order valence-electron chi connectivity index (χ2n) is 8.41. The van der Waals surface area contributed by atoms with Crippen LogP contribution < -0.4 is 4.74 Å². The number of rotatable bonds is 2. The van der Waals surface area contributed by atoms with Crippen LogP contribution >= 0.6 is 0 Å². The second-order valence-corrected chi connectivity index (χ2v) is 8.41. The van der Waals surface area contributed by atoms with Crippen molar-refractivity contribution in [3.05, 3.63) is 42.1 Å². The van der Waals surface area contributed by atoms with E-state index < -0.39 is 0 Å². The minimum atomic E-state index is 0.0158. The first-order valence-corrected chi connectivity index (χ1v) is 10.1. The number of aromatic amines is 1. The summed E-state index contributed by atoms with van der Waals surface area (Å²) in [6, 6.07) is 11.5. The molecule has 1 saturated carbocycles. The SMILES string of the molecule is c1cc2c(cc1-c1ccc3cn[nH]c3n1)CC1(CCN(C3CCC3)CC1)O2. The average Bonchev–Trinajstić information content (AvgIpc) is 3.25. The van der Waals surface area contributed by atoms with E-state index in [4.69, 9.17) is 9.72 Å². The first-order valence-electron chi connectivity index (χ1n) is 10.1. The van der Waals surface area contributed by atoms with Gasteiger partial charge in [0.2, 0.25) is 0 Å². The lowest BCUT2D eigenvalue weighted by Crippen LogP contribution is -2.52. The fraction of sp³-hybridized carbons (Fsp3) is 0.455. The van der Waals surface area contributed by atoms with Crippen molar-refractivity contribution in [2.24, 2.45) is 0 Å². The maximum atomic E-state index is 6.50. The molecule has 3 aromatic rings. The van der Waals surface area contributed by atoms with Gasteiger partial charge in [-0.3, -0.25) is 5.10 Å². The van der Waals surface area contributed by atoms with Crippen LogP contribution in [-0.4, -0.2) is 44.8 Å². The molecule has 2 aromatic heterocycles. The van der Waals surface area contributed by atoms with Gasteiger partial charge in [0, 0.05) is 49.3 Å². The average molecular weight is 360 g/mol. The van der Waals surface area contributed by atoms with Crippen molar-refractivity contribution >= 4 is 11.0 Å². The number of H-pyrrole nitrogens is 1. The summed E-state index contributed by atoms with van der Waals surface area (Å²) in [5.74, 6) is 1.07. The van der Waals surface area contributed by atoms with E-state index >= 15 is 0 Å². The van der Waals surface area contributed by atoms with Crippen molar-refractivity contribution in [1.29, 1.82) is 0 Å². The van der Waals surface area contributed by atoms with Crippen LogP contribution in [0.1, 0.15) is 37.7 Å². The van der Waals surface area contributed by atoms with E-state index in [1.54, 1.807) is 0 Å². The molecule has 1 N–H and O–H groups in total. The van der Waals surface area contributed by atoms with Gasteiger partial charge in [0.05, 0.1) is 11.9 Å². The molecule has 2 fully saturated rings. The Morgan fingerprint density at radius 1 is 1.11 bits per heavy atom. The van der Waals surface area contributed by atoms with Gasteiger partial charge in [0.25, 0.3) is 0 Å². The third-order valence-electron chi connectivity index (χ3n) is 6.80. The second kappa shape index (κ2) is 5.80. The van der Waals surface area contributed by atoms with Crippen molar-refractivity contribution in [2.75, 3.05) is 13.1 Å². The van der Waals surface area contributed by atoms with Gasteiger partial charge in [0.1, 0.15) is 11.4 Å². The molecule has 138 valence electrons. The number of hydrogen-bond acceptors (Lipinski definition) is 4. The molecule has 27 heavy (non-hydrogen) atoms. The third kappa shape index (κ3) is 2.56. The van der Waals surface area contributed by atoms with Gasteiger partial charge in [-0.2, -0.15) is 5.10 Å². The number of fused-ring (bicyclic) bond motifs is 2. The molecule has 1 saturated heterocycles. The molecule has 4 heterocycles. The maximum Gasteiger partial charge on any atom is 0.155 e. The molecular formula is C22H24N4O. The number of pyridine rings is 1. The maximum absolute atomic E-state index is 6.50. The summed E-state index contributed by atoms with van der Waals surface area (Å²) in [5, 5.41) is 8.07. The van der Waals surface area contributed by atoms with E-state index in [-0.39, 0.29) is 5.60 Å². The van der Waals surface area contributed by atoms with Gasteiger partial charge in [-0.15, -0.1) is 0 Å². The number of ether oxygens (including phenoxy) is 1. The highest BCUT2D eigenvalue weighted by Gasteiger charge is 2.43. The highest BCUT2D eigenvalue weighted by molar-refractivity contribution is 5.77. The molecule has 0 unspecified atom stereocenters. The van der Waals surface area contributed by atoms with Crippen LogP contribution in [0.5, 0.6) is 5.75 Å². The van der Waals surface area contributed by atoms with E-state index in [0.717, 1.165) is 53.3 Å². The van der Waals surface area contributed by atoms with Crippen molar-refractivity contribution in [1.82, 2.24) is 20.1 Å².